The second kappa shape index (κ2) is 7.73. The molecule has 0 aliphatic carbocycles. The van der Waals surface area contributed by atoms with E-state index in [1.165, 1.54) is 0 Å². The van der Waals surface area contributed by atoms with Gasteiger partial charge in [0.05, 0.1) is 12.4 Å². The number of aromatic nitrogens is 2. The smallest absolute Gasteiger partial charge is 0.158 e. The highest BCUT2D eigenvalue weighted by Gasteiger charge is 2.10. The lowest BCUT2D eigenvalue weighted by Crippen LogP contribution is -2.28. The predicted octanol–water partition coefficient (Wildman–Crippen LogP) is 3.25. The van der Waals surface area contributed by atoms with Crippen LogP contribution in [0.4, 0.5) is 5.82 Å². The van der Waals surface area contributed by atoms with Crippen LogP contribution < -0.4 is 4.90 Å². The first-order valence-corrected chi connectivity index (χ1v) is 7.00. The van der Waals surface area contributed by atoms with Crippen molar-refractivity contribution in [2.45, 2.75) is 40.5 Å². The van der Waals surface area contributed by atoms with Gasteiger partial charge in [0.2, 0.25) is 0 Å². The molecule has 104 valence electrons. The highest BCUT2D eigenvalue weighted by atomic mass is 15.2. The van der Waals surface area contributed by atoms with E-state index in [0.29, 0.717) is 17.5 Å². The molecule has 0 saturated carbocycles. The van der Waals surface area contributed by atoms with E-state index in [4.69, 9.17) is 5.26 Å². The van der Waals surface area contributed by atoms with Crippen molar-refractivity contribution >= 4 is 5.82 Å². The van der Waals surface area contributed by atoms with E-state index < -0.39 is 0 Å². The van der Waals surface area contributed by atoms with Crippen LogP contribution in [-0.4, -0.2) is 23.1 Å². The molecule has 0 atom stereocenters. The second-order valence-electron chi connectivity index (χ2n) is 5.72. The van der Waals surface area contributed by atoms with Crippen LogP contribution in [0.1, 0.15) is 46.2 Å². The fraction of sp³-hybridized carbons (Fsp3) is 0.667. The number of hydrogen-bond acceptors (Lipinski definition) is 4. The molecular weight excluding hydrogens is 236 g/mol. The molecule has 0 N–H and O–H groups in total. The summed E-state index contributed by atoms with van der Waals surface area (Å²) in [4.78, 5) is 10.7. The third-order valence-corrected chi connectivity index (χ3v) is 3.03. The molecule has 0 aliphatic heterocycles. The molecule has 4 nitrogen and oxygen atoms in total. The van der Waals surface area contributed by atoms with Crippen LogP contribution >= 0.6 is 0 Å². The molecule has 0 unspecified atom stereocenters. The van der Waals surface area contributed by atoms with Gasteiger partial charge in [-0.25, -0.2) is 9.97 Å². The van der Waals surface area contributed by atoms with Crippen LogP contribution in [0.2, 0.25) is 0 Å². The molecule has 0 aliphatic rings. The molecule has 1 heterocycles. The van der Waals surface area contributed by atoms with Gasteiger partial charge in [-0.2, -0.15) is 5.26 Å². The van der Waals surface area contributed by atoms with Gasteiger partial charge in [0.15, 0.2) is 5.69 Å². The number of nitrogens with zero attached hydrogens (tertiary/aromatic N) is 4. The van der Waals surface area contributed by atoms with Crippen molar-refractivity contribution < 1.29 is 0 Å². The first-order chi connectivity index (χ1) is 9.02. The van der Waals surface area contributed by atoms with Gasteiger partial charge in [-0.3, -0.25) is 0 Å². The first kappa shape index (κ1) is 15.4. The van der Waals surface area contributed by atoms with Gasteiger partial charge < -0.3 is 4.90 Å². The van der Waals surface area contributed by atoms with Crippen molar-refractivity contribution in [3.05, 3.63) is 18.1 Å². The minimum Gasteiger partial charge on any atom is -0.355 e. The van der Waals surface area contributed by atoms with Gasteiger partial charge in [0.25, 0.3) is 0 Å². The lowest BCUT2D eigenvalue weighted by atomic mass is 10.1. The molecule has 0 saturated heterocycles. The summed E-state index contributed by atoms with van der Waals surface area (Å²) in [7, 11) is 0. The Morgan fingerprint density at radius 3 is 2.00 bits per heavy atom. The zero-order chi connectivity index (χ0) is 14.3. The largest absolute Gasteiger partial charge is 0.355 e. The van der Waals surface area contributed by atoms with E-state index in [2.05, 4.69) is 42.6 Å². The van der Waals surface area contributed by atoms with Crippen molar-refractivity contribution in [3.63, 3.8) is 0 Å². The predicted molar refractivity (Wildman–Crippen MR) is 77.9 cm³/mol. The Morgan fingerprint density at radius 2 is 1.63 bits per heavy atom. The zero-order valence-electron chi connectivity index (χ0n) is 12.4. The van der Waals surface area contributed by atoms with Crippen LogP contribution in [0.5, 0.6) is 0 Å². The van der Waals surface area contributed by atoms with Crippen molar-refractivity contribution in [1.29, 1.82) is 5.26 Å². The fourth-order valence-electron chi connectivity index (χ4n) is 1.71. The maximum Gasteiger partial charge on any atom is 0.158 e. The molecule has 4 heteroatoms. The Morgan fingerprint density at radius 1 is 1.05 bits per heavy atom. The SMILES string of the molecule is CC(C)CCN(CCC(C)C)c1cnc(C#N)cn1. The average molecular weight is 260 g/mol. The van der Waals surface area contributed by atoms with Crippen molar-refractivity contribution in [3.8, 4) is 6.07 Å². The number of rotatable bonds is 7. The highest BCUT2D eigenvalue weighted by Crippen LogP contribution is 2.14. The molecule has 0 radical (unpaired) electrons. The molecule has 0 aromatic carbocycles. The Labute approximate surface area is 116 Å². The third kappa shape index (κ3) is 5.69. The summed E-state index contributed by atoms with van der Waals surface area (Å²) < 4.78 is 0. The van der Waals surface area contributed by atoms with Crippen LogP contribution in [0, 0.1) is 23.2 Å². The standard InChI is InChI=1S/C15H24N4/c1-12(2)5-7-19(8-6-13(3)4)15-11-17-14(9-16)10-18-15/h10-13H,5-8H2,1-4H3. The van der Waals surface area contributed by atoms with E-state index in [1.54, 1.807) is 12.4 Å². The lowest BCUT2D eigenvalue weighted by Gasteiger charge is -2.25. The maximum atomic E-state index is 8.75. The third-order valence-electron chi connectivity index (χ3n) is 3.03. The van der Waals surface area contributed by atoms with Crippen LogP contribution in [0.25, 0.3) is 0 Å². The van der Waals surface area contributed by atoms with Gasteiger partial charge in [0.1, 0.15) is 11.9 Å². The molecule has 1 aromatic heterocycles. The van der Waals surface area contributed by atoms with Crippen LogP contribution in [-0.2, 0) is 0 Å². The summed E-state index contributed by atoms with van der Waals surface area (Å²) in [5.74, 6) is 2.22. The van der Waals surface area contributed by atoms with Gasteiger partial charge >= 0.3 is 0 Å². The Kier molecular flexibility index (Phi) is 6.27. The van der Waals surface area contributed by atoms with Gasteiger partial charge in [-0.05, 0) is 24.7 Å². The van der Waals surface area contributed by atoms with Crippen molar-refractivity contribution in [2.24, 2.45) is 11.8 Å². The van der Waals surface area contributed by atoms with E-state index in [1.807, 2.05) is 6.07 Å². The summed E-state index contributed by atoms with van der Waals surface area (Å²) >= 11 is 0. The monoisotopic (exact) mass is 260 g/mol. The summed E-state index contributed by atoms with van der Waals surface area (Å²) in [6, 6.07) is 2.00. The molecule has 0 amide bonds. The summed E-state index contributed by atoms with van der Waals surface area (Å²) in [5, 5.41) is 8.75. The quantitative estimate of drug-likeness (QED) is 0.755. The normalized spacial score (nSPS) is 10.8. The van der Waals surface area contributed by atoms with Crippen LogP contribution in [0.3, 0.4) is 0 Å². The molecule has 0 fully saturated rings. The van der Waals surface area contributed by atoms with E-state index in [9.17, 15) is 0 Å². The average Bonchev–Trinajstić information content (AvgIpc) is 2.38. The minimum absolute atomic E-state index is 0.372. The number of anilines is 1. The second-order valence-corrected chi connectivity index (χ2v) is 5.72. The van der Waals surface area contributed by atoms with Gasteiger partial charge in [0, 0.05) is 13.1 Å². The van der Waals surface area contributed by atoms with Gasteiger partial charge in [-0.15, -0.1) is 0 Å². The highest BCUT2D eigenvalue weighted by molar-refractivity contribution is 5.37. The molecule has 1 rings (SSSR count). The van der Waals surface area contributed by atoms with Crippen molar-refractivity contribution in [1.82, 2.24) is 9.97 Å². The topological polar surface area (TPSA) is 52.8 Å². The van der Waals surface area contributed by atoms with E-state index >= 15 is 0 Å². The van der Waals surface area contributed by atoms with Crippen LogP contribution in [0.15, 0.2) is 12.4 Å². The lowest BCUT2D eigenvalue weighted by molar-refractivity contribution is 0.532. The fourth-order valence-corrected chi connectivity index (χ4v) is 1.71. The summed E-state index contributed by atoms with van der Waals surface area (Å²) in [6.45, 7) is 10.9. The molecule has 0 bridgehead atoms. The Balaban J connectivity index is 2.72. The summed E-state index contributed by atoms with van der Waals surface area (Å²) in [5.41, 5.74) is 0.372. The van der Waals surface area contributed by atoms with E-state index in [-0.39, 0.29) is 0 Å². The Bertz CT molecular complexity index is 391. The number of hydrogen-bond donors (Lipinski definition) is 0. The van der Waals surface area contributed by atoms with Gasteiger partial charge in [-0.1, -0.05) is 27.7 Å². The Hall–Kier alpha value is -1.63. The molecule has 19 heavy (non-hydrogen) atoms. The van der Waals surface area contributed by atoms with Crippen molar-refractivity contribution in [2.75, 3.05) is 18.0 Å². The molecule has 0 spiro atoms. The first-order valence-electron chi connectivity index (χ1n) is 7.00. The number of nitriles is 1. The maximum absolute atomic E-state index is 8.75. The minimum atomic E-state index is 0.372. The molecular formula is C15H24N4. The summed E-state index contributed by atoms with van der Waals surface area (Å²) in [6.07, 6.45) is 5.53. The zero-order valence-corrected chi connectivity index (χ0v) is 12.4. The van der Waals surface area contributed by atoms with E-state index in [0.717, 1.165) is 31.7 Å². The molecule has 1 aromatic rings.